The van der Waals surface area contributed by atoms with Gasteiger partial charge in [-0.15, -0.1) is 0 Å². The highest BCUT2D eigenvalue weighted by molar-refractivity contribution is 4.81. The second-order valence-electron chi connectivity index (χ2n) is 3.80. The maximum Gasteiger partial charge on any atom is -0.00174 e. The third-order valence-electron chi connectivity index (χ3n) is 3.16. The van der Waals surface area contributed by atoms with Crippen LogP contribution in [-0.4, -0.2) is 13.1 Å². The summed E-state index contributed by atoms with van der Waals surface area (Å²) < 4.78 is 0. The van der Waals surface area contributed by atoms with Crippen LogP contribution < -0.4 is 5.32 Å². The number of nitrogens with one attached hydrogen (secondary N) is 1. The number of hydrogen-bond donors (Lipinski definition) is 1. The fourth-order valence-corrected chi connectivity index (χ4v) is 2.51. The van der Waals surface area contributed by atoms with Crippen LogP contribution in [0, 0.1) is 11.8 Å². The van der Waals surface area contributed by atoms with E-state index in [-0.39, 0.29) is 0 Å². The van der Waals surface area contributed by atoms with Gasteiger partial charge in [-0.05, 0) is 31.3 Å². The number of hydrogen-bond acceptors (Lipinski definition) is 1. The first-order valence-corrected chi connectivity index (χ1v) is 4.67. The SMILES string of the molecule is C1CCC(C2CCNC2)C1. The van der Waals surface area contributed by atoms with Crippen molar-refractivity contribution >= 4 is 0 Å². The molecule has 1 aliphatic carbocycles. The molecular formula is C9H17N. The van der Waals surface area contributed by atoms with Crippen LogP contribution >= 0.6 is 0 Å². The molecule has 2 rings (SSSR count). The van der Waals surface area contributed by atoms with Crippen LogP contribution in [-0.2, 0) is 0 Å². The molecule has 1 N–H and O–H groups in total. The molecule has 0 spiro atoms. The summed E-state index contributed by atoms with van der Waals surface area (Å²) >= 11 is 0. The van der Waals surface area contributed by atoms with Crippen molar-refractivity contribution in [3.05, 3.63) is 0 Å². The molecule has 0 aromatic rings. The summed E-state index contributed by atoms with van der Waals surface area (Å²) in [6.45, 7) is 2.59. The zero-order valence-corrected chi connectivity index (χ0v) is 6.60. The average molecular weight is 139 g/mol. The molecular weight excluding hydrogens is 122 g/mol. The summed E-state index contributed by atoms with van der Waals surface area (Å²) in [7, 11) is 0. The van der Waals surface area contributed by atoms with Gasteiger partial charge in [0.1, 0.15) is 0 Å². The van der Waals surface area contributed by atoms with E-state index in [1.165, 1.54) is 45.2 Å². The van der Waals surface area contributed by atoms with Gasteiger partial charge in [0.05, 0.1) is 0 Å². The molecule has 0 bridgehead atoms. The van der Waals surface area contributed by atoms with Crippen LogP contribution in [0.25, 0.3) is 0 Å². The Labute approximate surface area is 63.2 Å². The van der Waals surface area contributed by atoms with Crippen molar-refractivity contribution < 1.29 is 0 Å². The van der Waals surface area contributed by atoms with Crippen LogP contribution in [0.5, 0.6) is 0 Å². The van der Waals surface area contributed by atoms with E-state index in [1.54, 1.807) is 0 Å². The van der Waals surface area contributed by atoms with E-state index in [1.807, 2.05) is 0 Å². The first-order chi connectivity index (χ1) is 4.97. The smallest absolute Gasteiger partial charge is 0.00174 e. The second-order valence-corrected chi connectivity index (χ2v) is 3.80. The third kappa shape index (κ3) is 1.20. The zero-order chi connectivity index (χ0) is 6.81. The van der Waals surface area contributed by atoms with E-state index in [4.69, 9.17) is 0 Å². The lowest BCUT2D eigenvalue weighted by molar-refractivity contribution is 0.366. The van der Waals surface area contributed by atoms with E-state index in [0.717, 1.165) is 11.8 Å². The molecule has 1 nitrogen and oxygen atoms in total. The van der Waals surface area contributed by atoms with Crippen LogP contribution in [0.4, 0.5) is 0 Å². The first-order valence-electron chi connectivity index (χ1n) is 4.67. The Hall–Kier alpha value is -0.0400. The molecule has 1 saturated carbocycles. The molecule has 0 aromatic heterocycles. The highest BCUT2D eigenvalue weighted by Crippen LogP contribution is 2.33. The van der Waals surface area contributed by atoms with Gasteiger partial charge in [0.2, 0.25) is 0 Å². The molecule has 58 valence electrons. The van der Waals surface area contributed by atoms with Gasteiger partial charge >= 0.3 is 0 Å². The molecule has 1 aliphatic heterocycles. The lowest BCUT2D eigenvalue weighted by Gasteiger charge is -2.15. The topological polar surface area (TPSA) is 12.0 Å². The fraction of sp³-hybridized carbons (Fsp3) is 1.00. The molecule has 1 saturated heterocycles. The Balaban J connectivity index is 1.85. The Bertz CT molecular complexity index is 85.3. The lowest BCUT2D eigenvalue weighted by atomic mass is 9.90. The predicted octanol–water partition coefficient (Wildman–Crippen LogP) is 1.79. The van der Waals surface area contributed by atoms with Gasteiger partial charge in [-0.25, -0.2) is 0 Å². The molecule has 2 aliphatic rings. The summed E-state index contributed by atoms with van der Waals surface area (Å²) in [6, 6.07) is 0. The summed E-state index contributed by atoms with van der Waals surface area (Å²) in [4.78, 5) is 0. The standard InChI is InChI=1S/C9H17N/c1-2-4-8(3-1)9-5-6-10-7-9/h8-10H,1-7H2. The first kappa shape index (κ1) is 6.66. The van der Waals surface area contributed by atoms with E-state index in [9.17, 15) is 0 Å². The maximum atomic E-state index is 3.45. The zero-order valence-electron chi connectivity index (χ0n) is 6.60. The Morgan fingerprint density at radius 3 is 2.30 bits per heavy atom. The highest BCUT2D eigenvalue weighted by atomic mass is 14.9. The van der Waals surface area contributed by atoms with Gasteiger partial charge in [0, 0.05) is 0 Å². The largest absolute Gasteiger partial charge is 0.316 e. The van der Waals surface area contributed by atoms with Crippen molar-refractivity contribution in [1.82, 2.24) is 5.32 Å². The summed E-state index contributed by atoms with van der Waals surface area (Å²) in [5.74, 6) is 2.14. The minimum Gasteiger partial charge on any atom is -0.316 e. The summed E-state index contributed by atoms with van der Waals surface area (Å²) in [5.41, 5.74) is 0. The maximum absolute atomic E-state index is 3.45. The lowest BCUT2D eigenvalue weighted by Crippen LogP contribution is -2.15. The molecule has 2 fully saturated rings. The molecule has 0 radical (unpaired) electrons. The summed E-state index contributed by atoms with van der Waals surface area (Å²) in [5, 5.41) is 3.45. The van der Waals surface area contributed by atoms with Crippen LogP contribution in [0.3, 0.4) is 0 Å². The van der Waals surface area contributed by atoms with Gasteiger partial charge in [-0.1, -0.05) is 25.7 Å². The Morgan fingerprint density at radius 2 is 1.70 bits per heavy atom. The van der Waals surface area contributed by atoms with Crippen LogP contribution in [0.1, 0.15) is 32.1 Å². The van der Waals surface area contributed by atoms with Gasteiger partial charge in [0.25, 0.3) is 0 Å². The van der Waals surface area contributed by atoms with Gasteiger partial charge in [0.15, 0.2) is 0 Å². The Kier molecular flexibility index (Phi) is 1.94. The Morgan fingerprint density at radius 1 is 0.900 bits per heavy atom. The van der Waals surface area contributed by atoms with Crippen molar-refractivity contribution in [2.45, 2.75) is 32.1 Å². The van der Waals surface area contributed by atoms with Crippen molar-refractivity contribution in [2.24, 2.45) is 11.8 Å². The normalized spacial score (nSPS) is 35.4. The van der Waals surface area contributed by atoms with Crippen LogP contribution in [0.2, 0.25) is 0 Å². The third-order valence-corrected chi connectivity index (χ3v) is 3.16. The van der Waals surface area contributed by atoms with Crippen LogP contribution in [0.15, 0.2) is 0 Å². The minimum atomic E-state index is 1.04. The predicted molar refractivity (Wildman–Crippen MR) is 42.9 cm³/mol. The number of rotatable bonds is 1. The molecule has 0 aromatic carbocycles. The van der Waals surface area contributed by atoms with Crippen molar-refractivity contribution in [3.63, 3.8) is 0 Å². The monoisotopic (exact) mass is 139 g/mol. The molecule has 1 heterocycles. The summed E-state index contributed by atoms with van der Waals surface area (Å²) in [6.07, 6.45) is 7.49. The molecule has 1 unspecified atom stereocenters. The van der Waals surface area contributed by atoms with Crippen molar-refractivity contribution in [1.29, 1.82) is 0 Å². The quantitative estimate of drug-likeness (QED) is 0.584. The van der Waals surface area contributed by atoms with E-state index in [2.05, 4.69) is 5.32 Å². The molecule has 10 heavy (non-hydrogen) atoms. The minimum absolute atomic E-state index is 1.04. The molecule has 1 atom stereocenters. The van der Waals surface area contributed by atoms with E-state index >= 15 is 0 Å². The van der Waals surface area contributed by atoms with Gasteiger partial charge in [-0.3, -0.25) is 0 Å². The molecule has 1 heteroatoms. The van der Waals surface area contributed by atoms with E-state index in [0.29, 0.717) is 0 Å². The average Bonchev–Trinajstić information content (AvgIpc) is 2.59. The van der Waals surface area contributed by atoms with Crippen molar-refractivity contribution in [2.75, 3.05) is 13.1 Å². The van der Waals surface area contributed by atoms with Gasteiger partial charge < -0.3 is 5.32 Å². The molecule has 0 amide bonds. The highest BCUT2D eigenvalue weighted by Gasteiger charge is 2.26. The fourth-order valence-electron chi connectivity index (χ4n) is 2.51. The van der Waals surface area contributed by atoms with Crippen molar-refractivity contribution in [3.8, 4) is 0 Å². The van der Waals surface area contributed by atoms with E-state index < -0.39 is 0 Å². The second kappa shape index (κ2) is 2.91. The van der Waals surface area contributed by atoms with Gasteiger partial charge in [-0.2, -0.15) is 0 Å².